The summed E-state index contributed by atoms with van der Waals surface area (Å²) in [6.45, 7) is 2.11. The van der Waals surface area contributed by atoms with Crippen LogP contribution in [0.4, 0.5) is 0 Å². The molecule has 1 aromatic heterocycles. The van der Waals surface area contributed by atoms with Crippen molar-refractivity contribution in [2.24, 2.45) is 0 Å². The highest BCUT2D eigenvalue weighted by Gasteiger charge is 2.11. The summed E-state index contributed by atoms with van der Waals surface area (Å²) in [6.07, 6.45) is 0. The molecule has 0 saturated heterocycles. The SMILES string of the molecule is Cc1ccc2nc(-c3ccccc3Cl)cc(-c3ccccc3)c2c1. The fourth-order valence-electron chi connectivity index (χ4n) is 3.00. The molecule has 0 atom stereocenters. The van der Waals surface area contributed by atoms with Gasteiger partial charge in [-0.3, -0.25) is 0 Å². The lowest BCUT2D eigenvalue weighted by Gasteiger charge is -2.12. The Hall–Kier alpha value is -2.64. The fourth-order valence-corrected chi connectivity index (χ4v) is 3.24. The van der Waals surface area contributed by atoms with Crippen LogP contribution in [-0.4, -0.2) is 4.98 Å². The van der Waals surface area contributed by atoms with Gasteiger partial charge in [-0.05, 0) is 42.3 Å². The van der Waals surface area contributed by atoms with Crippen molar-refractivity contribution < 1.29 is 0 Å². The van der Waals surface area contributed by atoms with Crippen LogP contribution in [0.5, 0.6) is 0 Å². The maximum Gasteiger partial charge on any atom is 0.0730 e. The van der Waals surface area contributed by atoms with E-state index in [1.165, 1.54) is 16.7 Å². The van der Waals surface area contributed by atoms with Crippen LogP contribution in [0, 0.1) is 6.92 Å². The van der Waals surface area contributed by atoms with E-state index in [0.717, 1.165) is 27.2 Å². The lowest BCUT2D eigenvalue weighted by atomic mass is 9.97. The first-order valence-corrected chi connectivity index (χ1v) is 8.32. The Morgan fingerprint density at radius 1 is 0.750 bits per heavy atom. The van der Waals surface area contributed by atoms with Gasteiger partial charge in [-0.1, -0.05) is 71.8 Å². The normalized spacial score (nSPS) is 10.9. The molecule has 0 fully saturated rings. The minimum absolute atomic E-state index is 0.718. The molecule has 0 unspecified atom stereocenters. The van der Waals surface area contributed by atoms with E-state index in [1.54, 1.807) is 0 Å². The van der Waals surface area contributed by atoms with Gasteiger partial charge in [-0.25, -0.2) is 4.98 Å². The largest absolute Gasteiger partial charge is 0.248 e. The molecule has 0 N–H and O–H groups in total. The van der Waals surface area contributed by atoms with E-state index in [0.29, 0.717) is 0 Å². The van der Waals surface area contributed by atoms with Crippen molar-refractivity contribution in [2.45, 2.75) is 6.92 Å². The first-order valence-electron chi connectivity index (χ1n) is 7.94. The summed E-state index contributed by atoms with van der Waals surface area (Å²) in [7, 11) is 0. The first kappa shape index (κ1) is 14.9. The number of fused-ring (bicyclic) bond motifs is 1. The van der Waals surface area contributed by atoms with Crippen LogP contribution in [0.25, 0.3) is 33.3 Å². The van der Waals surface area contributed by atoms with Gasteiger partial charge in [0, 0.05) is 16.0 Å². The van der Waals surface area contributed by atoms with E-state index in [-0.39, 0.29) is 0 Å². The third-order valence-corrected chi connectivity index (χ3v) is 4.53. The molecular formula is C22H16ClN. The highest BCUT2D eigenvalue weighted by molar-refractivity contribution is 6.33. The van der Waals surface area contributed by atoms with Crippen LogP contribution in [0.3, 0.4) is 0 Å². The van der Waals surface area contributed by atoms with Crippen molar-refractivity contribution in [1.29, 1.82) is 0 Å². The molecule has 4 rings (SSSR count). The van der Waals surface area contributed by atoms with E-state index in [4.69, 9.17) is 16.6 Å². The molecule has 1 nitrogen and oxygen atoms in total. The highest BCUT2D eigenvalue weighted by atomic mass is 35.5. The predicted octanol–water partition coefficient (Wildman–Crippen LogP) is 6.53. The Labute approximate surface area is 146 Å². The second kappa shape index (κ2) is 6.10. The van der Waals surface area contributed by atoms with Crippen LogP contribution in [0.15, 0.2) is 78.9 Å². The average molecular weight is 330 g/mol. The molecule has 1 heterocycles. The fraction of sp³-hybridized carbons (Fsp3) is 0.0455. The van der Waals surface area contributed by atoms with Crippen molar-refractivity contribution in [1.82, 2.24) is 4.98 Å². The molecule has 0 radical (unpaired) electrons. The summed E-state index contributed by atoms with van der Waals surface area (Å²) < 4.78 is 0. The van der Waals surface area contributed by atoms with Crippen LogP contribution in [-0.2, 0) is 0 Å². The van der Waals surface area contributed by atoms with Gasteiger partial charge in [0.2, 0.25) is 0 Å². The molecule has 0 saturated carbocycles. The number of aryl methyl sites for hydroxylation is 1. The Kier molecular flexibility index (Phi) is 3.79. The van der Waals surface area contributed by atoms with Gasteiger partial charge in [0.05, 0.1) is 11.2 Å². The number of benzene rings is 3. The van der Waals surface area contributed by atoms with E-state index in [9.17, 15) is 0 Å². The second-order valence-corrected chi connectivity index (χ2v) is 6.33. The zero-order chi connectivity index (χ0) is 16.5. The number of aromatic nitrogens is 1. The third kappa shape index (κ3) is 2.68. The van der Waals surface area contributed by atoms with Crippen LogP contribution >= 0.6 is 11.6 Å². The maximum absolute atomic E-state index is 6.39. The summed E-state index contributed by atoms with van der Waals surface area (Å²) in [4.78, 5) is 4.85. The molecule has 0 aliphatic carbocycles. The Bertz CT molecular complexity index is 1020. The monoisotopic (exact) mass is 329 g/mol. The molecule has 0 bridgehead atoms. The predicted molar refractivity (Wildman–Crippen MR) is 102 cm³/mol. The zero-order valence-corrected chi connectivity index (χ0v) is 14.1. The van der Waals surface area contributed by atoms with Gasteiger partial charge in [0.25, 0.3) is 0 Å². The van der Waals surface area contributed by atoms with Gasteiger partial charge >= 0.3 is 0 Å². The summed E-state index contributed by atoms with van der Waals surface area (Å²) in [6, 6.07) is 26.8. The molecule has 3 aromatic carbocycles. The van der Waals surface area contributed by atoms with Crippen molar-refractivity contribution in [3.8, 4) is 22.4 Å². The summed E-state index contributed by atoms with van der Waals surface area (Å²) >= 11 is 6.39. The lowest BCUT2D eigenvalue weighted by molar-refractivity contribution is 1.38. The van der Waals surface area contributed by atoms with Crippen molar-refractivity contribution in [3.05, 3.63) is 89.4 Å². The van der Waals surface area contributed by atoms with Crippen LogP contribution in [0.2, 0.25) is 5.02 Å². The third-order valence-electron chi connectivity index (χ3n) is 4.20. The van der Waals surface area contributed by atoms with Crippen molar-refractivity contribution in [2.75, 3.05) is 0 Å². The summed E-state index contributed by atoms with van der Waals surface area (Å²) in [5.74, 6) is 0. The minimum Gasteiger partial charge on any atom is -0.248 e. The van der Waals surface area contributed by atoms with Gasteiger partial charge in [-0.2, -0.15) is 0 Å². The maximum atomic E-state index is 6.39. The van der Waals surface area contributed by atoms with Crippen molar-refractivity contribution >= 4 is 22.5 Å². The molecular weight excluding hydrogens is 314 g/mol. The topological polar surface area (TPSA) is 12.9 Å². The quantitative estimate of drug-likeness (QED) is 0.407. The minimum atomic E-state index is 0.718. The van der Waals surface area contributed by atoms with Gasteiger partial charge in [-0.15, -0.1) is 0 Å². The van der Waals surface area contributed by atoms with E-state index in [1.807, 2.05) is 30.3 Å². The standard InChI is InChI=1S/C22H16ClN/c1-15-11-12-21-19(13-15)18(16-7-3-2-4-8-16)14-22(24-21)17-9-5-6-10-20(17)23/h2-14H,1H3. The zero-order valence-electron chi connectivity index (χ0n) is 13.3. The van der Waals surface area contributed by atoms with E-state index in [2.05, 4.69) is 55.5 Å². The van der Waals surface area contributed by atoms with E-state index >= 15 is 0 Å². The second-order valence-electron chi connectivity index (χ2n) is 5.92. The lowest BCUT2D eigenvalue weighted by Crippen LogP contribution is -1.91. The van der Waals surface area contributed by atoms with Gasteiger partial charge in [0.15, 0.2) is 0 Å². The molecule has 116 valence electrons. The van der Waals surface area contributed by atoms with Crippen LogP contribution < -0.4 is 0 Å². The number of pyridine rings is 1. The Morgan fingerprint density at radius 2 is 1.50 bits per heavy atom. The number of nitrogens with zero attached hydrogens (tertiary/aromatic N) is 1. The average Bonchev–Trinajstić information content (AvgIpc) is 2.62. The molecule has 4 aromatic rings. The number of rotatable bonds is 2. The molecule has 2 heteroatoms. The molecule has 24 heavy (non-hydrogen) atoms. The number of hydrogen-bond acceptors (Lipinski definition) is 1. The van der Waals surface area contributed by atoms with Gasteiger partial charge < -0.3 is 0 Å². The number of hydrogen-bond donors (Lipinski definition) is 0. The first-order chi connectivity index (χ1) is 11.7. The summed E-state index contributed by atoms with van der Waals surface area (Å²) in [5.41, 5.74) is 6.43. The molecule has 0 aliphatic rings. The number of halogens is 1. The smallest absolute Gasteiger partial charge is 0.0730 e. The highest BCUT2D eigenvalue weighted by Crippen LogP contribution is 2.34. The molecule has 0 amide bonds. The van der Waals surface area contributed by atoms with Crippen LogP contribution in [0.1, 0.15) is 5.56 Å². The molecule has 0 aliphatic heterocycles. The van der Waals surface area contributed by atoms with E-state index < -0.39 is 0 Å². The van der Waals surface area contributed by atoms with Gasteiger partial charge in [0.1, 0.15) is 0 Å². The Morgan fingerprint density at radius 3 is 2.29 bits per heavy atom. The summed E-state index contributed by atoms with van der Waals surface area (Å²) in [5, 5.41) is 1.88. The Balaban J connectivity index is 2.05. The van der Waals surface area contributed by atoms with Crippen molar-refractivity contribution in [3.63, 3.8) is 0 Å². The molecule has 0 spiro atoms.